The number of hydrogen-bond acceptors (Lipinski definition) is 4. The fraction of sp³-hybridized carbons (Fsp3) is 0.824. The Kier molecular flexibility index (Phi) is 2.69. The highest BCUT2D eigenvalue weighted by Gasteiger charge is 2.75. The Hall–Kier alpha value is -0.870. The van der Waals surface area contributed by atoms with Crippen molar-refractivity contribution in [3.63, 3.8) is 0 Å². The smallest absolute Gasteiger partial charge is 0.310 e. The summed E-state index contributed by atoms with van der Waals surface area (Å²) in [6.45, 7) is 5.22. The molecule has 2 saturated heterocycles. The lowest BCUT2D eigenvalue weighted by atomic mass is 9.77. The molecule has 6 atom stereocenters. The number of hydrogen-bond donors (Lipinski definition) is 0. The van der Waals surface area contributed by atoms with Gasteiger partial charge in [0.05, 0.1) is 11.5 Å². The summed E-state index contributed by atoms with van der Waals surface area (Å²) in [5.41, 5.74) is 1.27. The molecule has 1 saturated carbocycles. The molecule has 1 spiro atoms. The molecule has 0 aromatic carbocycles. The first kappa shape index (κ1) is 13.8. The summed E-state index contributed by atoms with van der Waals surface area (Å²) >= 11 is 0. The Morgan fingerprint density at radius 1 is 1.43 bits per heavy atom. The zero-order chi connectivity index (χ0) is 15.0. The number of rotatable bonds is 2. The van der Waals surface area contributed by atoms with Gasteiger partial charge in [-0.25, -0.2) is 0 Å². The molecule has 4 nitrogen and oxygen atoms in total. The third-order valence-corrected chi connectivity index (χ3v) is 6.32. The van der Waals surface area contributed by atoms with Crippen molar-refractivity contribution in [3.05, 3.63) is 11.6 Å². The predicted molar refractivity (Wildman–Crippen MR) is 78.7 cm³/mol. The molecular weight excluding hydrogens is 266 g/mol. The molecule has 0 unspecified atom stereocenters. The lowest BCUT2D eigenvalue weighted by Crippen LogP contribution is -2.38. The molecule has 0 aromatic heterocycles. The van der Waals surface area contributed by atoms with Crippen molar-refractivity contribution in [2.75, 3.05) is 20.6 Å². The number of esters is 1. The number of fused-ring (bicyclic) bond motifs is 2. The van der Waals surface area contributed by atoms with Gasteiger partial charge in [-0.05, 0) is 47.2 Å². The normalized spacial score (nSPS) is 50.9. The Morgan fingerprint density at radius 3 is 2.90 bits per heavy atom. The van der Waals surface area contributed by atoms with Crippen molar-refractivity contribution in [2.45, 2.75) is 50.4 Å². The summed E-state index contributed by atoms with van der Waals surface area (Å²) in [6, 6.07) is 0. The number of epoxide rings is 1. The van der Waals surface area contributed by atoms with E-state index in [0.717, 1.165) is 25.8 Å². The van der Waals surface area contributed by atoms with Gasteiger partial charge in [0.2, 0.25) is 0 Å². The van der Waals surface area contributed by atoms with E-state index in [1.807, 2.05) is 14.1 Å². The predicted octanol–water partition coefficient (Wildman–Crippen LogP) is 1.99. The second-order valence-electron chi connectivity index (χ2n) is 7.83. The van der Waals surface area contributed by atoms with Gasteiger partial charge in [0.25, 0.3) is 0 Å². The number of carbonyl (C=O) groups excluding carboxylic acids is 1. The van der Waals surface area contributed by atoms with E-state index in [0.29, 0.717) is 5.92 Å². The van der Waals surface area contributed by atoms with Gasteiger partial charge in [-0.2, -0.15) is 0 Å². The van der Waals surface area contributed by atoms with Crippen LogP contribution in [0.15, 0.2) is 11.6 Å². The van der Waals surface area contributed by atoms with Gasteiger partial charge >= 0.3 is 5.97 Å². The fourth-order valence-electron chi connectivity index (χ4n) is 5.19. The Morgan fingerprint density at radius 2 is 2.19 bits per heavy atom. The Labute approximate surface area is 126 Å². The second kappa shape index (κ2) is 4.11. The molecular formula is C17H25NO3. The van der Waals surface area contributed by atoms with E-state index in [4.69, 9.17) is 9.47 Å². The van der Waals surface area contributed by atoms with Crippen LogP contribution in [0.4, 0.5) is 0 Å². The maximum Gasteiger partial charge on any atom is 0.310 e. The molecule has 3 fully saturated rings. The minimum atomic E-state index is -0.0796. The van der Waals surface area contributed by atoms with Crippen LogP contribution in [0.1, 0.15) is 33.1 Å². The van der Waals surface area contributed by atoms with Gasteiger partial charge in [-0.3, -0.25) is 4.79 Å². The highest BCUT2D eigenvalue weighted by atomic mass is 16.6. The summed E-state index contributed by atoms with van der Waals surface area (Å²) in [4.78, 5) is 14.5. The van der Waals surface area contributed by atoms with Gasteiger partial charge in [-0.15, -0.1) is 0 Å². The molecule has 0 amide bonds. The average molecular weight is 291 g/mol. The largest absolute Gasteiger partial charge is 0.461 e. The maximum atomic E-state index is 12.4. The van der Waals surface area contributed by atoms with Crippen LogP contribution in [-0.4, -0.2) is 48.8 Å². The SMILES string of the molecule is CC1=CC[C@]23O[C@@]2(C)CC[C@@H]2[C@H](OC(=O)[C@H]2CN(C)C)[C@@H]13. The van der Waals surface area contributed by atoms with Crippen LogP contribution in [0.2, 0.25) is 0 Å². The zero-order valence-corrected chi connectivity index (χ0v) is 13.4. The van der Waals surface area contributed by atoms with Gasteiger partial charge in [0.15, 0.2) is 0 Å². The standard InChI is InChI=1S/C17H25NO3/c1-10-5-8-17-13(10)14-11(6-7-16(17,2)21-17)12(9-18(3)4)15(19)20-14/h5,11-14H,6-9H2,1-4H3/t11-,12-,13+,14-,16-,17+/m0/s1. The molecule has 21 heavy (non-hydrogen) atoms. The van der Waals surface area contributed by atoms with E-state index in [9.17, 15) is 4.79 Å². The summed E-state index contributed by atoms with van der Waals surface area (Å²) in [6.07, 6.45) is 5.39. The number of carbonyl (C=O) groups is 1. The summed E-state index contributed by atoms with van der Waals surface area (Å²) in [7, 11) is 4.06. The summed E-state index contributed by atoms with van der Waals surface area (Å²) < 4.78 is 12.1. The molecule has 2 heterocycles. The van der Waals surface area contributed by atoms with Crippen molar-refractivity contribution in [1.29, 1.82) is 0 Å². The number of nitrogens with zero attached hydrogens (tertiary/aromatic N) is 1. The molecule has 4 heteroatoms. The van der Waals surface area contributed by atoms with Crippen LogP contribution in [0.25, 0.3) is 0 Å². The first-order chi connectivity index (χ1) is 9.88. The minimum Gasteiger partial charge on any atom is -0.461 e. The summed E-state index contributed by atoms with van der Waals surface area (Å²) in [5, 5.41) is 0. The lowest BCUT2D eigenvalue weighted by molar-refractivity contribution is -0.146. The van der Waals surface area contributed by atoms with Crippen LogP contribution in [0.3, 0.4) is 0 Å². The third kappa shape index (κ3) is 1.66. The Bertz CT molecular complexity index is 528. The van der Waals surface area contributed by atoms with Crippen molar-refractivity contribution >= 4 is 5.97 Å². The zero-order valence-electron chi connectivity index (χ0n) is 13.4. The highest BCUT2D eigenvalue weighted by Crippen LogP contribution is 2.67. The van der Waals surface area contributed by atoms with Crippen molar-refractivity contribution in [3.8, 4) is 0 Å². The minimum absolute atomic E-state index is 0.00203. The molecule has 2 aliphatic heterocycles. The Balaban J connectivity index is 1.69. The average Bonchev–Trinajstić information content (AvgIpc) is 2.71. The van der Waals surface area contributed by atoms with Crippen molar-refractivity contribution in [2.24, 2.45) is 17.8 Å². The van der Waals surface area contributed by atoms with Crippen LogP contribution in [0.5, 0.6) is 0 Å². The maximum absolute atomic E-state index is 12.4. The molecule has 4 aliphatic rings. The van der Waals surface area contributed by atoms with E-state index in [1.165, 1.54) is 5.57 Å². The van der Waals surface area contributed by atoms with E-state index < -0.39 is 0 Å². The van der Waals surface area contributed by atoms with Gasteiger partial charge in [-0.1, -0.05) is 11.6 Å². The van der Waals surface area contributed by atoms with Crippen LogP contribution < -0.4 is 0 Å². The van der Waals surface area contributed by atoms with Crippen molar-refractivity contribution < 1.29 is 14.3 Å². The van der Waals surface area contributed by atoms with Gasteiger partial charge in [0.1, 0.15) is 11.7 Å². The van der Waals surface area contributed by atoms with Crippen LogP contribution >= 0.6 is 0 Å². The molecule has 0 N–H and O–H groups in total. The third-order valence-electron chi connectivity index (χ3n) is 6.32. The lowest BCUT2D eigenvalue weighted by Gasteiger charge is -2.28. The first-order valence-corrected chi connectivity index (χ1v) is 8.10. The highest BCUT2D eigenvalue weighted by molar-refractivity contribution is 5.76. The van der Waals surface area contributed by atoms with E-state index in [-0.39, 0.29) is 35.1 Å². The molecule has 0 radical (unpaired) electrons. The fourth-order valence-corrected chi connectivity index (χ4v) is 5.19. The van der Waals surface area contributed by atoms with Gasteiger partial charge in [0, 0.05) is 18.4 Å². The topological polar surface area (TPSA) is 42.1 Å². The first-order valence-electron chi connectivity index (χ1n) is 8.10. The van der Waals surface area contributed by atoms with E-state index in [2.05, 4.69) is 24.8 Å². The molecule has 4 rings (SSSR count). The van der Waals surface area contributed by atoms with Crippen molar-refractivity contribution in [1.82, 2.24) is 4.90 Å². The van der Waals surface area contributed by atoms with Gasteiger partial charge < -0.3 is 14.4 Å². The molecule has 0 aromatic rings. The van der Waals surface area contributed by atoms with Crippen LogP contribution in [-0.2, 0) is 14.3 Å². The second-order valence-corrected chi connectivity index (χ2v) is 7.83. The van der Waals surface area contributed by atoms with E-state index >= 15 is 0 Å². The molecule has 2 aliphatic carbocycles. The molecule has 116 valence electrons. The van der Waals surface area contributed by atoms with Crippen LogP contribution in [0, 0.1) is 17.8 Å². The monoisotopic (exact) mass is 291 g/mol. The quantitative estimate of drug-likeness (QED) is 0.443. The number of ether oxygens (including phenoxy) is 2. The molecule has 0 bridgehead atoms. The summed E-state index contributed by atoms with van der Waals surface area (Å²) in [5.74, 6) is 0.636. The van der Waals surface area contributed by atoms with E-state index in [1.54, 1.807) is 0 Å².